The topological polar surface area (TPSA) is 55.1 Å². The number of hydrogen-bond donors (Lipinski definition) is 2. The molecule has 1 amide bonds. The molecule has 2 atom stereocenters. The van der Waals surface area contributed by atoms with Crippen LogP contribution in [0.3, 0.4) is 0 Å². The molecule has 0 aliphatic heterocycles. The SMILES string of the molecule is CCC(CC(=O)NC(CN)C1CC1)C(C)C.Cl. The van der Waals surface area contributed by atoms with Gasteiger partial charge in [0, 0.05) is 19.0 Å². The first-order chi connectivity index (χ1) is 7.58. The van der Waals surface area contributed by atoms with Crippen LogP contribution in [0.25, 0.3) is 0 Å². The molecular formula is C13H27ClN2O. The molecule has 102 valence electrons. The highest BCUT2D eigenvalue weighted by Crippen LogP contribution is 2.32. The molecule has 3 N–H and O–H groups in total. The van der Waals surface area contributed by atoms with Gasteiger partial charge in [-0.1, -0.05) is 27.2 Å². The van der Waals surface area contributed by atoms with Crippen molar-refractivity contribution in [2.75, 3.05) is 6.54 Å². The molecule has 0 saturated heterocycles. The van der Waals surface area contributed by atoms with Gasteiger partial charge in [-0.3, -0.25) is 4.79 Å². The Morgan fingerprint density at radius 2 is 2.00 bits per heavy atom. The lowest BCUT2D eigenvalue weighted by molar-refractivity contribution is -0.123. The van der Waals surface area contributed by atoms with Crippen LogP contribution in [0.2, 0.25) is 0 Å². The highest BCUT2D eigenvalue weighted by molar-refractivity contribution is 5.85. The van der Waals surface area contributed by atoms with Crippen molar-refractivity contribution in [3.05, 3.63) is 0 Å². The summed E-state index contributed by atoms with van der Waals surface area (Å²) < 4.78 is 0. The Labute approximate surface area is 111 Å². The van der Waals surface area contributed by atoms with E-state index in [0.29, 0.717) is 30.7 Å². The van der Waals surface area contributed by atoms with Crippen molar-refractivity contribution < 1.29 is 4.79 Å². The van der Waals surface area contributed by atoms with E-state index in [0.717, 1.165) is 6.42 Å². The first kappa shape index (κ1) is 16.7. The maximum Gasteiger partial charge on any atom is 0.220 e. The van der Waals surface area contributed by atoms with Gasteiger partial charge >= 0.3 is 0 Å². The quantitative estimate of drug-likeness (QED) is 0.740. The number of nitrogens with one attached hydrogen (secondary N) is 1. The lowest BCUT2D eigenvalue weighted by Crippen LogP contribution is -2.42. The first-order valence-corrected chi connectivity index (χ1v) is 6.57. The number of carbonyl (C=O) groups is 1. The summed E-state index contributed by atoms with van der Waals surface area (Å²) >= 11 is 0. The van der Waals surface area contributed by atoms with Gasteiger partial charge < -0.3 is 11.1 Å². The Morgan fingerprint density at radius 1 is 1.41 bits per heavy atom. The van der Waals surface area contributed by atoms with E-state index in [1.54, 1.807) is 0 Å². The average Bonchev–Trinajstić information content (AvgIpc) is 3.05. The van der Waals surface area contributed by atoms with E-state index in [2.05, 4.69) is 26.1 Å². The third kappa shape index (κ3) is 5.73. The molecule has 1 aliphatic rings. The summed E-state index contributed by atoms with van der Waals surface area (Å²) in [6.07, 6.45) is 4.17. The number of nitrogens with two attached hydrogens (primary N) is 1. The van der Waals surface area contributed by atoms with E-state index < -0.39 is 0 Å². The second-order valence-corrected chi connectivity index (χ2v) is 5.36. The van der Waals surface area contributed by atoms with Crippen LogP contribution in [0.1, 0.15) is 46.5 Å². The molecule has 1 rings (SSSR count). The monoisotopic (exact) mass is 262 g/mol. The molecule has 0 aromatic heterocycles. The number of amides is 1. The maximum atomic E-state index is 11.9. The summed E-state index contributed by atoms with van der Waals surface area (Å²) in [4.78, 5) is 11.9. The van der Waals surface area contributed by atoms with Crippen molar-refractivity contribution in [1.29, 1.82) is 0 Å². The number of hydrogen-bond acceptors (Lipinski definition) is 2. The smallest absolute Gasteiger partial charge is 0.220 e. The molecule has 1 aliphatic carbocycles. The normalized spacial score (nSPS) is 18.4. The van der Waals surface area contributed by atoms with Crippen molar-refractivity contribution in [2.45, 2.75) is 52.5 Å². The Kier molecular flexibility index (Phi) is 7.80. The van der Waals surface area contributed by atoms with E-state index in [9.17, 15) is 4.79 Å². The molecule has 0 aromatic carbocycles. The van der Waals surface area contributed by atoms with E-state index in [-0.39, 0.29) is 24.4 Å². The Bertz CT molecular complexity index is 215. The number of halogens is 1. The number of rotatable bonds is 7. The Morgan fingerprint density at radius 3 is 2.35 bits per heavy atom. The number of carbonyl (C=O) groups excluding carboxylic acids is 1. The van der Waals surface area contributed by atoms with Crippen LogP contribution in [-0.4, -0.2) is 18.5 Å². The zero-order chi connectivity index (χ0) is 12.1. The molecule has 4 heteroatoms. The van der Waals surface area contributed by atoms with E-state index in [1.165, 1.54) is 12.8 Å². The van der Waals surface area contributed by atoms with E-state index >= 15 is 0 Å². The highest BCUT2D eigenvalue weighted by atomic mass is 35.5. The predicted octanol–water partition coefficient (Wildman–Crippen LogP) is 2.33. The van der Waals surface area contributed by atoms with Gasteiger partial charge in [0.1, 0.15) is 0 Å². The van der Waals surface area contributed by atoms with Crippen LogP contribution in [0.5, 0.6) is 0 Å². The first-order valence-electron chi connectivity index (χ1n) is 6.57. The maximum absolute atomic E-state index is 11.9. The second kappa shape index (κ2) is 7.93. The molecule has 0 radical (unpaired) electrons. The molecular weight excluding hydrogens is 236 g/mol. The lowest BCUT2D eigenvalue weighted by Gasteiger charge is -2.21. The summed E-state index contributed by atoms with van der Waals surface area (Å²) in [5, 5.41) is 3.08. The summed E-state index contributed by atoms with van der Waals surface area (Å²) in [5.41, 5.74) is 5.67. The molecule has 0 heterocycles. The zero-order valence-electron chi connectivity index (χ0n) is 11.2. The van der Waals surface area contributed by atoms with Gasteiger partial charge in [0.05, 0.1) is 0 Å². The third-order valence-corrected chi connectivity index (χ3v) is 3.71. The fraction of sp³-hybridized carbons (Fsp3) is 0.923. The molecule has 3 nitrogen and oxygen atoms in total. The van der Waals surface area contributed by atoms with Crippen LogP contribution in [0.4, 0.5) is 0 Å². The molecule has 0 spiro atoms. The van der Waals surface area contributed by atoms with Crippen LogP contribution in [0, 0.1) is 17.8 Å². The largest absolute Gasteiger partial charge is 0.352 e. The minimum absolute atomic E-state index is 0. The van der Waals surface area contributed by atoms with Gasteiger partial charge in [0.15, 0.2) is 0 Å². The summed E-state index contributed by atoms with van der Waals surface area (Å²) in [5.74, 6) is 1.90. The van der Waals surface area contributed by atoms with Gasteiger partial charge in [0.2, 0.25) is 5.91 Å². The molecule has 17 heavy (non-hydrogen) atoms. The highest BCUT2D eigenvalue weighted by Gasteiger charge is 2.31. The fourth-order valence-electron chi connectivity index (χ4n) is 2.22. The standard InChI is InChI=1S/C13H26N2O.ClH/c1-4-10(9(2)3)7-13(16)15-12(8-14)11-5-6-11;/h9-12H,4-8,14H2,1-3H3,(H,15,16);1H. The van der Waals surface area contributed by atoms with Crippen molar-refractivity contribution in [2.24, 2.45) is 23.5 Å². The second-order valence-electron chi connectivity index (χ2n) is 5.36. The van der Waals surface area contributed by atoms with Crippen LogP contribution in [0.15, 0.2) is 0 Å². The molecule has 1 fully saturated rings. The van der Waals surface area contributed by atoms with E-state index in [1.807, 2.05) is 0 Å². The van der Waals surface area contributed by atoms with Gasteiger partial charge in [-0.15, -0.1) is 12.4 Å². The summed E-state index contributed by atoms with van der Waals surface area (Å²) in [6.45, 7) is 7.10. The van der Waals surface area contributed by atoms with Gasteiger partial charge in [0.25, 0.3) is 0 Å². The predicted molar refractivity (Wildman–Crippen MR) is 74.2 cm³/mol. The van der Waals surface area contributed by atoms with Gasteiger partial charge in [-0.25, -0.2) is 0 Å². The Balaban J connectivity index is 0.00000256. The molecule has 0 aromatic rings. The zero-order valence-corrected chi connectivity index (χ0v) is 12.1. The van der Waals surface area contributed by atoms with Crippen molar-refractivity contribution in [3.8, 4) is 0 Å². The van der Waals surface area contributed by atoms with Gasteiger partial charge in [-0.05, 0) is 30.6 Å². The fourth-order valence-corrected chi connectivity index (χ4v) is 2.22. The summed E-state index contributed by atoms with van der Waals surface area (Å²) in [6, 6.07) is 0.220. The summed E-state index contributed by atoms with van der Waals surface area (Å²) in [7, 11) is 0. The minimum Gasteiger partial charge on any atom is -0.352 e. The van der Waals surface area contributed by atoms with Gasteiger partial charge in [-0.2, -0.15) is 0 Å². The molecule has 0 bridgehead atoms. The lowest BCUT2D eigenvalue weighted by atomic mass is 9.90. The molecule has 1 saturated carbocycles. The minimum atomic E-state index is 0. The van der Waals surface area contributed by atoms with Crippen molar-refractivity contribution in [1.82, 2.24) is 5.32 Å². The van der Waals surface area contributed by atoms with Crippen LogP contribution in [-0.2, 0) is 4.79 Å². The van der Waals surface area contributed by atoms with Crippen LogP contribution < -0.4 is 11.1 Å². The Hall–Kier alpha value is -0.280. The van der Waals surface area contributed by atoms with Crippen molar-refractivity contribution >= 4 is 18.3 Å². The van der Waals surface area contributed by atoms with Crippen molar-refractivity contribution in [3.63, 3.8) is 0 Å². The average molecular weight is 263 g/mol. The van der Waals surface area contributed by atoms with E-state index in [4.69, 9.17) is 5.73 Å². The molecule has 2 unspecified atom stereocenters. The third-order valence-electron chi connectivity index (χ3n) is 3.71. The van der Waals surface area contributed by atoms with Crippen LogP contribution >= 0.6 is 12.4 Å².